The molecule has 0 radical (unpaired) electrons. The van der Waals surface area contributed by atoms with Crippen LogP contribution in [0, 0.1) is 0 Å². The average molecular weight is 264 g/mol. The van der Waals surface area contributed by atoms with Crippen molar-refractivity contribution in [2.45, 2.75) is 32.3 Å². The van der Waals surface area contributed by atoms with Gasteiger partial charge in [-0.15, -0.1) is 0 Å². The minimum absolute atomic E-state index is 0.171. The van der Waals surface area contributed by atoms with Gasteiger partial charge in [0.1, 0.15) is 11.5 Å². The largest absolute Gasteiger partial charge is 0.388 e. The first-order valence-electron chi connectivity index (χ1n) is 6.59. The Morgan fingerprint density at radius 3 is 2.89 bits per heavy atom. The van der Waals surface area contributed by atoms with E-state index in [1.807, 2.05) is 6.92 Å². The molecule has 1 fully saturated rings. The summed E-state index contributed by atoms with van der Waals surface area (Å²) in [5, 5.41) is 13.0. The summed E-state index contributed by atoms with van der Waals surface area (Å²) in [6.07, 6.45) is 4.56. The van der Waals surface area contributed by atoms with E-state index in [9.17, 15) is 9.90 Å². The molecule has 2 N–H and O–H groups in total. The number of aromatic nitrogens is 2. The average Bonchev–Trinajstić information content (AvgIpc) is 2.38. The maximum atomic E-state index is 12.2. The molecule has 1 atom stereocenters. The van der Waals surface area contributed by atoms with Gasteiger partial charge in [-0.05, 0) is 26.7 Å². The number of nitrogens with one attached hydrogen (secondary N) is 1. The Morgan fingerprint density at radius 2 is 2.32 bits per heavy atom. The van der Waals surface area contributed by atoms with Crippen LogP contribution in [-0.2, 0) is 0 Å². The van der Waals surface area contributed by atoms with Gasteiger partial charge in [0, 0.05) is 19.6 Å². The first-order valence-corrected chi connectivity index (χ1v) is 6.59. The molecule has 2 heterocycles. The van der Waals surface area contributed by atoms with Gasteiger partial charge in [-0.3, -0.25) is 4.79 Å². The number of aliphatic hydroxyl groups is 1. The zero-order valence-electron chi connectivity index (χ0n) is 11.4. The molecule has 6 heteroatoms. The molecule has 1 saturated heterocycles. The maximum absolute atomic E-state index is 12.2. The van der Waals surface area contributed by atoms with Crippen molar-refractivity contribution in [3.05, 3.63) is 18.1 Å². The highest BCUT2D eigenvalue weighted by Crippen LogP contribution is 2.21. The molecule has 1 amide bonds. The van der Waals surface area contributed by atoms with E-state index in [1.54, 1.807) is 18.0 Å². The molecule has 2 rings (SSSR count). The second-order valence-corrected chi connectivity index (χ2v) is 5.14. The predicted molar refractivity (Wildman–Crippen MR) is 72.0 cm³/mol. The van der Waals surface area contributed by atoms with Crippen LogP contribution in [0.15, 0.2) is 12.4 Å². The Bertz CT molecular complexity index is 444. The molecule has 0 spiro atoms. The van der Waals surface area contributed by atoms with Crippen molar-refractivity contribution in [2.75, 3.05) is 25.0 Å². The lowest BCUT2D eigenvalue weighted by atomic mass is 9.95. The molecule has 1 unspecified atom stereocenters. The van der Waals surface area contributed by atoms with Gasteiger partial charge < -0.3 is 15.3 Å². The zero-order valence-corrected chi connectivity index (χ0v) is 11.4. The third kappa shape index (κ3) is 3.41. The van der Waals surface area contributed by atoms with Crippen LogP contribution in [0.1, 0.15) is 37.2 Å². The quantitative estimate of drug-likeness (QED) is 0.848. The Balaban J connectivity index is 2.06. The minimum Gasteiger partial charge on any atom is -0.388 e. The van der Waals surface area contributed by atoms with Crippen LogP contribution >= 0.6 is 0 Å². The molecular formula is C13H20N4O2. The summed E-state index contributed by atoms with van der Waals surface area (Å²) in [4.78, 5) is 22.1. The van der Waals surface area contributed by atoms with Crippen molar-refractivity contribution in [2.24, 2.45) is 0 Å². The molecule has 1 aliphatic rings. The van der Waals surface area contributed by atoms with Crippen molar-refractivity contribution in [3.63, 3.8) is 0 Å². The first-order chi connectivity index (χ1) is 9.02. The van der Waals surface area contributed by atoms with Crippen molar-refractivity contribution >= 4 is 11.7 Å². The van der Waals surface area contributed by atoms with Crippen molar-refractivity contribution in [3.8, 4) is 0 Å². The number of amides is 1. The van der Waals surface area contributed by atoms with Gasteiger partial charge in [-0.1, -0.05) is 0 Å². The zero-order chi connectivity index (χ0) is 13.9. The fourth-order valence-corrected chi connectivity index (χ4v) is 2.27. The number of anilines is 1. The molecule has 19 heavy (non-hydrogen) atoms. The van der Waals surface area contributed by atoms with E-state index < -0.39 is 5.60 Å². The van der Waals surface area contributed by atoms with Gasteiger partial charge in [0.2, 0.25) is 0 Å². The maximum Gasteiger partial charge on any atom is 0.274 e. The van der Waals surface area contributed by atoms with Crippen LogP contribution in [0.25, 0.3) is 0 Å². The summed E-state index contributed by atoms with van der Waals surface area (Å²) in [7, 11) is 0. The highest BCUT2D eigenvalue weighted by atomic mass is 16.3. The number of carbonyl (C=O) groups excluding carboxylic acids is 1. The highest BCUT2D eigenvalue weighted by Gasteiger charge is 2.31. The van der Waals surface area contributed by atoms with E-state index in [1.165, 1.54) is 6.20 Å². The van der Waals surface area contributed by atoms with E-state index in [4.69, 9.17) is 0 Å². The predicted octanol–water partition coefficient (Wildman–Crippen LogP) is 0.895. The molecule has 0 saturated carbocycles. The Hall–Kier alpha value is -1.69. The molecule has 104 valence electrons. The fourth-order valence-electron chi connectivity index (χ4n) is 2.27. The van der Waals surface area contributed by atoms with Gasteiger partial charge >= 0.3 is 0 Å². The molecule has 0 bridgehead atoms. The van der Waals surface area contributed by atoms with Gasteiger partial charge in [0.15, 0.2) is 0 Å². The van der Waals surface area contributed by atoms with E-state index in [2.05, 4.69) is 15.3 Å². The van der Waals surface area contributed by atoms with Gasteiger partial charge in [0.05, 0.1) is 18.0 Å². The third-order valence-corrected chi connectivity index (χ3v) is 3.19. The lowest BCUT2D eigenvalue weighted by molar-refractivity contribution is -0.0109. The summed E-state index contributed by atoms with van der Waals surface area (Å²) < 4.78 is 0. The van der Waals surface area contributed by atoms with Crippen LogP contribution < -0.4 is 5.32 Å². The van der Waals surface area contributed by atoms with Gasteiger partial charge in [-0.25, -0.2) is 9.97 Å². The number of hydrogen-bond donors (Lipinski definition) is 2. The SMILES string of the molecule is CCNc1cnc(C(=O)N2CCCC(C)(O)C2)cn1. The van der Waals surface area contributed by atoms with Crippen molar-refractivity contribution in [1.29, 1.82) is 0 Å². The minimum atomic E-state index is -0.801. The monoisotopic (exact) mass is 264 g/mol. The van der Waals surface area contributed by atoms with Crippen LogP contribution in [0.5, 0.6) is 0 Å². The third-order valence-electron chi connectivity index (χ3n) is 3.19. The Morgan fingerprint density at radius 1 is 1.53 bits per heavy atom. The number of piperidine rings is 1. The Kier molecular flexibility index (Phi) is 3.99. The van der Waals surface area contributed by atoms with E-state index in [0.717, 1.165) is 19.4 Å². The van der Waals surface area contributed by atoms with E-state index in [0.29, 0.717) is 24.6 Å². The van der Waals surface area contributed by atoms with Crippen LogP contribution in [0.4, 0.5) is 5.82 Å². The molecule has 1 aromatic rings. The molecule has 1 aliphatic heterocycles. The standard InChI is InChI=1S/C13H20N4O2/c1-3-14-11-8-15-10(7-16-11)12(18)17-6-4-5-13(2,19)9-17/h7-8,19H,3-6,9H2,1-2H3,(H,14,16). The molecule has 0 aliphatic carbocycles. The van der Waals surface area contributed by atoms with Crippen LogP contribution in [-0.4, -0.2) is 51.1 Å². The molecule has 6 nitrogen and oxygen atoms in total. The summed E-state index contributed by atoms with van der Waals surface area (Å²) in [6.45, 7) is 5.49. The number of rotatable bonds is 3. The van der Waals surface area contributed by atoms with E-state index in [-0.39, 0.29) is 5.91 Å². The second-order valence-electron chi connectivity index (χ2n) is 5.14. The number of carbonyl (C=O) groups is 1. The number of likely N-dealkylation sites (tertiary alicyclic amines) is 1. The lowest BCUT2D eigenvalue weighted by Crippen LogP contribution is -2.48. The topological polar surface area (TPSA) is 78.4 Å². The highest BCUT2D eigenvalue weighted by molar-refractivity contribution is 5.92. The first kappa shape index (κ1) is 13.7. The summed E-state index contributed by atoms with van der Waals surface area (Å²) in [5.74, 6) is 0.486. The number of nitrogens with zero attached hydrogens (tertiary/aromatic N) is 3. The molecular weight excluding hydrogens is 244 g/mol. The van der Waals surface area contributed by atoms with Crippen LogP contribution in [0.3, 0.4) is 0 Å². The summed E-state index contributed by atoms with van der Waals surface area (Å²) >= 11 is 0. The Labute approximate surface area is 112 Å². The molecule has 1 aromatic heterocycles. The van der Waals surface area contributed by atoms with Crippen molar-refractivity contribution in [1.82, 2.24) is 14.9 Å². The number of hydrogen-bond acceptors (Lipinski definition) is 5. The molecule has 0 aromatic carbocycles. The van der Waals surface area contributed by atoms with Gasteiger partial charge in [-0.2, -0.15) is 0 Å². The smallest absolute Gasteiger partial charge is 0.274 e. The second kappa shape index (κ2) is 5.52. The number of β-amino-alcohol motifs (C(OH)–C–C–N with tert-alkyl or cyclic N) is 1. The normalized spacial score (nSPS) is 23.2. The fraction of sp³-hybridized carbons (Fsp3) is 0.615. The van der Waals surface area contributed by atoms with Gasteiger partial charge in [0.25, 0.3) is 5.91 Å². The van der Waals surface area contributed by atoms with Crippen LogP contribution in [0.2, 0.25) is 0 Å². The van der Waals surface area contributed by atoms with Crippen molar-refractivity contribution < 1.29 is 9.90 Å². The summed E-state index contributed by atoms with van der Waals surface area (Å²) in [6, 6.07) is 0. The lowest BCUT2D eigenvalue weighted by Gasteiger charge is -2.36. The summed E-state index contributed by atoms with van der Waals surface area (Å²) in [5.41, 5.74) is -0.482. The van der Waals surface area contributed by atoms with E-state index >= 15 is 0 Å².